The lowest BCUT2D eigenvalue weighted by Gasteiger charge is -2.38. The minimum Gasteiger partial charge on any atom is -0.395 e. The topological polar surface area (TPSA) is 64.8 Å². The molecule has 2 aliphatic heterocycles. The highest BCUT2D eigenvalue weighted by atomic mass is 79.9. The molecule has 0 aliphatic carbocycles. The van der Waals surface area contributed by atoms with Crippen LogP contribution in [0.15, 0.2) is 53.0 Å². The van der Waals surface area contributed by atoms with E-state index < -0.39 is 0 Å². The molecule has 3 heterocycles. The number of rotatable bonds is 6. The van der Waals surface area contributed by atoms with Gasteiger partial charge in [0.15, 0.2) is 0 Å². The van der Waals surface area contributed by atoms with Crippen molar-refractivity contribution in [2.24, 2.45) is 5.92 Å². The van der Waals surface area contributed by atoms with E-state index in [0.717, 1.165) is 85.7 Å². The predicted octanol–water partition coefficient (Wildman–Crippen LogP) is 3.14. The van der Waals surface area contributed by atoms with E-state index in [9.17, 15) is 4.79 Å². The summed E-state index contributed by atoms with van der Waals surface area (Å²) in [5, 5.41) is 9.16. The number of nitrogens with zero attached hydrogens (tertiary/aromatic N) is 5. The molecule has 0 spiro atoms. The van der Waals surface area contributed by atoms with E-state index >= 15 is 0 Å². The van der Waals surface area contributed by atoms with Gasteiger partial charge in [0, 0.05) is 49.4 Å². The summed E-state index contributed by atoms with van der Waals surface area (Å²) in [7, 11) is 0. The standard InChI is InChI=1S/C26H32BrN5O2/c27-21-6-3-7-22(17-21)32-24-9-2-1-8-23(24)28-25(32)19-30-10-4-5-20(18-30)26(34)31-13-11-29(12-14-31)15-16-33/h1-3,6-9,17,20,33H,4-5,10-16,18-19H2/t20-/m0/s1. The van der Waals surface area contributed by atoms with Crippen LogP contribution >= 0.6 is 15.9 Å². The fourth-order valence-electron chi connectivity index (χ4n) is 5.28. The number of amides is 1. The maximum atomic E-state index is 13.3. The number of benzene rings is 2. The van der Waals surface area contributed by atoms with Gasteiger partial charge in [-0.3, -0.25) is 19.2 Å². The van der Waals surface area contributed by atoms with Crippen molar-refractivity contribution in [1.82, 2.24) is 24.3 Å². The van der Waals surface area contributed by atoms with Crippen molar-refractivity contribution < 1.29 is 9.90 Å². The van der Waals surface area contributed by atoms with Crippen molar-refractivity contribution in [3.05, 3.63) is 58.8 Å². The number of imidazole rings is 1. The minimum atomic E-state index is 0.0434. The van der Waals surface area contributed by atoms with Gasteiger partial charge in [-0.2, -0.15) is 0 Å². The first kappa shape index (κ1) is 23.5. The van der Waals surface area contributed by atoms with Crippen molar-refractivity contribution >= 4 is 32.9 Å². The van der Waals surface area contributed by atoms with Crippen LogP contribution in [0.4, 0.5) is 0 Å². The number of fused-ring (bicyclic) bond motifs is 1. The number of carbonyl (C=O) groups excluding carboxylic acids is 1. The van der Waals surface area contributed by atoms with Gasteiger partial charge in [0.25, 0.3) is 0 Å². The molecule has 0 unspecified atom stereocenters. The average molecular weight is 526 g/mol. The number of hydrogen-bond donors (Lipinski definition) is 1. The van der Waals surface area contributed by atoms with Gasteiger partial charge in [-0.25, -0.2) is 4.98 Å². The van der Waals surface area contributed by atoms with E-state index in [2.05, 4.69) is 60.6 Å². The van der Waals surface area contributed by atoms with Crippen molar-refractivity contribution in [3.63, 3.8) is 0 Å². The molecule has 1 atom stereocenters. The minimum absolute atomic E-state index is 0.0434. The first-order valence-corrected chi connectivity index (χ1v) is 13.0. The molecule has 1 aromatic heterocycles. The van der Waals surface area contributed by atoms with Crippen LogP contribution < -0.4 is 0 Å². The molecule has 1 N–H and O–H groups in total. The van der Waals surface area contributed by atoms with Gasteiger partial charge < -0.3 is 10.0 Å². The van der Waals surface area contributed by atoms with E-state index in [1.165, 1.54) is 0 Å². The Bertz CT molecular complexity index is 1140. The Labute approximate surface area is 209 Å². The van der Waals surface area contributed by atoms with Crippen molar-refractivity contribution in [2.75, 3.05) is 52.4 Å². The molecule has 0 bridgehead atoms. The second-order valence-corrected chi connectivity index (χ2v) is 10.2. The molecule has 180 valence electrons. The Kier molecular flexibility index (Phi) is 7.29. The van der Waals surface area contributed by atoms with E-state index in [4.69, 9.17) is 10.1 Å². The molecule has 2 aromatic carbocycles. The summed E-state index contributed by atoms with van der Waals surface area (Å²) in [6.45, 7) is 6.55. The summed E-state index contributed by atoms with van der Waals surface area (Å²) >= 11 is 3.61. The highest BCUT2D eigenvalue weighted by molar-refractivity contribution is 9.10. The molecule has 34 heavy (non-hydrogen) atoms. The quantitative estimate of drug-likeness (QED) is 0.535. The Morgan fingerprint density at radius 3 is 2.65 bits per heavy atom. The monoisotopic (exact) mass is 525 g/mol. The summed E-state index contributed by atoms with van der Waals surface area (Å²) in [4.78, 5) is 24.9. The Balaban J connectivity index is 1.32. The molecule has 0 saturated carbocycles. The molecule has 2 fully saturated rings. The number of carbonyl (C=O) groups is 1. The third-order valence-corrected chi connectivity index (χ3v) is 7.51. The average Bonchev–Trinajstić information content (AvgIpc) is 3.22. The van der Waals surface area contributed by atoms with Crippen LogP contribution in [-0.2, 0) is 11.3 Å². The Morgan fingerprint density at radius 2 is 1.85 bits per heavy atom. The van der Waals surface area contributed by atoms with Gasteiger partial charge in [0.1, 0.15) is 5.82 Å². The van der Waals surface area contributed by atoms with Crippen LogP contribution in [-0.4, -0.2) is 87.7 Å². The zero-order chi connectivity index (χ0) is 23.5. The van der Waals surface area contributed by atoms with Gasteiger partial charge in [0.2, 0.25) is 5.91 Å². The number of halogens is 1. The predicted molar refractivity (Wildman–Crippen MR) is 137 cm³/mol. The molecule has 2 aliphatic rings. The summed E-state index contributed by atoms with van der Waals surface area (Å²) in [5.74, 6) is 1.33. The largest absolute Gasteiger partial charge is 0.395 e. The highest BCUT2D eigenvalue weighted by Crippen LogP contribution is 2.26. The Hall–Kier alpha value is -2.26. The molecule has 0 radical (unpaired) electrons. The van der Waals surface area contributed by atoms with Gasteiger partial charge in [-0.05, 0) is 49.7 Å². The van der Waals surface area contributed by atoms with Crippen molar-refractivity contribution in [2.45, 2.75) is 19.4 Å². The first-order chi connectivity index (χ1) is 16.6. The van der Waals surface area contributed by atoms with Crippen LogP contribution in [0.1, 0.15) is 18.7 Å². The van der Waals surface area contributed by atoms with Gasteiger partial charge in [-0.15, -0.1) is 0 Å². The van der Waals surface area contributed by atoms with E-state index in [0.29, 0.717) is 6.54 Å². The number of β-amino-alcohol motifs (C(OH)–C–C–N with tert-alkyl or cyclic N) is 1. The number of para-hydroxylation sites is 2. The lowest BCUT2D eigenvalue weighted by molar-refractivity contribution is -0.139. The molecule has 1 amide bonds. The molecule has 7 nitrogen and oxygen atoms in total. The van der Waals surface area contributed by atoms with Gasteiger partial charge in [-0.1, -0.05) is 34.1 Å². The summed E-state index contributed by atoms with van der Waals surface area (Å²) in [6.07, 6.45) is 1.98. The van der Waals surface area contributed by atoms with E-state index in [-0.39, 0.29) is 18.4 Å². The van der Waals surface area contributed by atoms with Crippen LogP contribution in [0.2, 0.25) is 0 Å². The number of aliphatic hydroxyl groups is 1. The van der Waals surface area contributed by atoms with E-state index in [1.807, 2.05) is 23.1 Å². The van der Waals surface area contributed by atoms with E-state index in [1.54, 1.807) is 0 Å². The van der Waals surface area contributed by atoms with Crippen LogP contribution in [0, 0.1) is 5.92 Å². The zero-order valence-corrected chi connectivity index (χ0v) is 21.0. The normalized spacial score (nSPS) is 20.2. The highest BCUT2D eigenvalue weighted by Gasteiger charge is 2.31. The summed E-state index contributed by atoms with van der Waals surface area (Å²) in [5.41, 5.74) is 3.17. The smallest absolute Gasteiger partial charge is 0.227 e. The second kappa shape index (κ2) is 10.6. The maximum Gasteiger partial charge on any atom is 0.227 e. The second-order valence-electron chi connectivity index (χ2n) is 9.30. The number of aromatic nitrogens is 2. The number of aliphatic hydroxyl groups excluding tert-OH is 1. The van der Waals surface area contributed by atoms with Crippen LogP contribution in [0.25, 0.3) is 16.7 Å². The number of piperidine rings is 1. The fraction of sp³-hybridized carbons (Fsp3) is 0.462. The molecule has 5 rings (SSSR count). The summed E-state index contributed by atoms with van der Waals surface area (Å²) in [6, 6.07) is 16.6. The van der Waals surface area contributed by atoms with Gasteiger partial charge >= 0.3 is 0 Å². The van der Waals surface area contributed by atoms with Crippen LogP contribution in [0.5, 0.6) is 0 Å². The molecule has 3 aromatic rings. The third-order valence-electron chi connectivity index (χ3n) is 7.02. The maximum absolute atomic E-state index is 13.3. The lowest BCUT2D eigenvalue weighted by Crippen LogP contribution is -2.52. The first-order valence-electron chi connectivity index (χ1n) is 12.2. The van der Waals surface area contributed by atoms with Crippen LogP contribution in [0.3, 0.4) is 0 Å². The molecule has 2 saturated heterocycles. The lowest BCUT2D eigenvalue weighted by atomic mass is 9.96. The molecular weight excluding hydrogens is 494 g/mol. The van der Waals surface area contributed by atoms with Crippen molar-refractivity contribution in [1.29, 1.82) is 0 Å². The van der Waals surface area contributed by atoms with Gasteiger partial charge in [0.05, 0.1) is 30.1 Å². The summed E-state index contributed by atoms with van der Waals surface area (Å²) < 4.78 is 3.28. The molecule has 8 heteroatoms. The zero-order valence-electron chi connectivity index (χ0n) is 19.4. The number of likely N-dealkylation sites (tertiary alicyclic amines) is 1. The third kappa shape index (κ3) is 5.05. The number of piperazine rings is 1. The SMILES string of the molecule is O=C([C@H]1CCCN(Cc2nc3ccccc3n2-c2cccc(Br)c2)C1)N1CCN(CCO)CC1. The molecular formula is C26H32BrN5O2. The fourth-order valence-corrected chi connectivity index (χ4v) is 5.66. The number of hydrogen-bond acceptors (Lipinski definition) is 5. The van der Waals surface area contributed by atoms with Crippen molar-refractivity contribution in [3.8, 4) is 5.69 Å². The Morgan fingerprint density at radius 1 is 1.03 bits per heavy atom.